The lowest BCUT2D eigenvalue weighted by molar-refractivity contribution is 0.447. The van der Waals surface area contributed by atoms with E-state index in [4.69, 9.17) is 4.42 Å². The van der Waals surface area contributed by atoms with Gasteiger partial charge in [0.25, 0.3) is 0 Å². The van der Waals surface area contributed by atoms with Crippen molar-refractivity contribution in [3.05, 3.63) is 33.7 Å². The van der Waals surface area contributed by atoms with Crippen LogP contribution in [0, 0.1) is 6.92 Å². The maximum Gasteiger partial charge on any atom is 0.230 e. The van der Waals surface area contributed by atoms with Crippen molar-refractivity contribution in [1.29, 1.82) is 0 Å². The summed E-state index contributed by atoms with van der Waals surface area (Å²) in [5.74, 6) is 1.26. The van der Waals surface area contributed by atoms with Crippen LogP contribution in [0.1, 0.15) is 28.5 Å². The van der Waals surface area contributed by atoms with Gasteiger partial charge in [0.05, 0.1) is 6.54 Å². The zero-order valence-electron chi connectivity index (χ0n) is 9.49. The molecule has 0 saturated carbocycles. The van der Waals surface area contributed by atoms with E-state index in [2.05, 4.69) is 34.6 Å². The Balaban J connectivity index is 1.79. The second-order valence-corrected chi connectivity index (χ2v) is 4.79. The standard InChI is InChI=1S/C11H15N3OS/c1-3-9-4-5-10(16-9)6-12-7-11-14-13-8(2)15-11/h4-5,12H,3,6-7H2,1-2H3. The second-order valence-electron chi connectivity index (χ2n) is 3.54. The summed E-state index contributed by atoms with van der Waals surface area (Å²) in [5.41, 5.74) is 0. The van der Waals surface area contributed by atoms with Crippen LogP contribution in [0.3, 0.4) is 0 Å². The van der Waals surface area contributed by atoms with Gasteiger partial charge in [-0.25, -0.2) is 0 Å². The number of thiophene rings is 1. The minimum absolute atomic E-state index is 0.612. The van der Waals surface area contributed by atoms with Gasteiger partial charge in [-0.3, -0.25) is 0 Å². The maximum absolute atomic E-state index is 5.27. The van der Waals surface area contributed by atoms with Gasteiger partial charge in [0.2, 0.25) is 11.8 Å². The summed E-state index contributed by atoms with van der Waals surface area (Å²) in [7, 11) is 0. The molecule has 0 amide bonds. The van der Waals surface area contributed by atoms with E-state index in [9.17, 15) is 0 Å². The van der Waals surface area contributed by atoms with E-state index >= 15 is 0 Å². The summed E-state index contributed by atoms with van der Waals surface area (Å²) in [6, 6.07) is 4.34. The van der Waals surface area contributed by atoms with Crippen LogP contribution in [-0.4, -0.2) is 10.2 Å². The lowest BCUT2D eigenvalue weighted by atomic mass is 10.3. The first-order valence-electron chi connectivity index (χ1n) is 5.35. The van der Waals surface area contributed by atoms with Crippen molar-refractivity contribution in [2.24, 2.45) is 0 Å². The summed E-state index contributed by atoms with van der Waals surface area (Å²) >= 11 is 1.84. The lowest BCUT2D eigenvalue weighted by Crippen LogP contribution is -2.11. The first-order valence-corrected chi connectivity index (χ1v) is 6.17. The highest BCUT2D eigenvalue weighted by atomic mass is 32.1. The topological polar surface area (TPSA) is 51.0 Å². The molecule has 0 aliphatic heterocycles. The van der Waals surface area contributed by atoms with Crippen molar-refractivity contribution in [1.82, 2.24) is 15.5 Å². The fraction of sp³-hybridized carbons (Fsp3) is 0.455. The van der Waals surface area contributed by atoms with Crippen molar-refractivity contribution in [3.63, 3.8) is 0 Å². The SMILES string of the molecule is CCc1ccc(CNCc2nnc(C)o2)s1. The summed E-state index contributed by atoms with van der Waals surface area (Å²) in [6.45, 7) is 5.44. The van der Waals surface area contributed by atoms with Crippen LogP contribution >= 0.6 is 11.3 Å². The number of nitrogens with zero attached hydrogens (tertiary/aromatic N) is 2. The van der Waals surface area contributed by atoms with Crippen molar-refractivity contribution in [2.75, 3.05) is 0 Å². The summed E-state index contributed by atoms with van der Waals surface area (Å²) in [4.78, 5) is 2.76. The van der Waals surface area contributed by atoms with Crippen LogP contribution < -0.4 is 5.32 Å². The zero-order chi connectivity index (χ0) is 11.4. The predicted octanol–water partition coefficient (Wildman–Crippen LogP) is 2.29. The molecule has 0 aromatic carbocycles. The van der Waals surface area contributed by atoms with E-state index in [-0.39, 0.29) is 0 Å². The summed E-state index contributed by atoms with van der Waals surface area (Å²) in [6.07, 6.45) is 1.10. The molecule has 0 saturated heterocycles. The third kappa shape index (κ3) is 2.90. The molecule has 0 radical (unpaired) electrons. The molecular weight excluding hydrogens is 222 g/mol. The number of aryl methyl sites for hydroxylation is 2. The van der Waals surface area contributed by atoms with Gasteiger partial charge in [-0.1, -0.05) is 6.92 Å². The Bertz CT molecular complexity index is 450. The smallest absolute Gasteiger partial charge is 0.230 e. The Morgan fingerprint density at radius 2 is 2.06 bits per heavy atom. The molecule has 0 spiro atoms. The molecule has 0 aliphatic rings. The number of rotatable bonds is 5. The van der Waals surface area contributed by atoms with Gasteiger partial charge < -0.3 is 9.73 Å². The van der Waals surface area contributed by atoms with Gasteiger partial charge in [-0.15, -0.1) is 21.5 Å². The van der Waals surface area contributed by atoms with Crippen molar-refractivity contribution in [3.8, 4) is 0 Å². The van der Waals surface area contributed by atoms with Gasteiger partial charge in [0.1, 0.15) is 0 Å². The van der Waals surface area contributed by atoms with E-state index in [0.717, 1.165) is 13.0 Å². The van der Waals surface area contributed by atoms with Gasteiger partial charge in [0.15, 0.2) is 0 Å². The number of nitrogens with one attached hydrogen (secondary N) is 1. The van der Waals surface area contributed by atoms with Crippen molar-refractivity contribution >= 4 is 11.3 Å². The molecular formula is C11H15N3OS. The molecule has 5 heteroatoms. The van der Waals surface area contributed by atoms with Crippen LogP contribution in [-0.2, 0) is 19.5 Å². The average molecular weight is 237 g/mol. The van der Waals surface area contributed by atoms with Crippen LogP contribution in [0.4, 0.5) is 0 Å². The highest BCUT2D eigenvalue weighted by Gasteiger charge is 2.02. The summed E-state index contributed by atoms with van der Waals surface area (Å²) in [5, 5.41) is 11.0. The first-order chi connectivity index (χ1) is 7.78. The van der Waals surface area contributed by atoms with Gasteiger partial charge >= 0.3 is 0 Å². The molecule has 2 aromatic rings. The van der Waals surface area contributed by atoms with E-state index in [1.807, 2.05) is 11.3 Å². The van der Waals surface area contributed by atoms with E-state index < -0.39 is 0 Å². The number of hydrogen-bond donors (Lipinski definition) is 1. The van der Waals surface area contributed by atoms with E-state index in [0.29, 0.717) is 18.3 Å². The maximum atomic E-state index is 5.27. The van der Waals surface area contributed by atoms with Crippen molar-refractivity contribution in [2.45, 2.75) is 33.4 Å². The molecule has 1 N–H and O–H groups in total. The largest absolute Gasteiger partial charge is 0.424 e. The molecule has 0 fully saturated rings. The predicted molar refractivity (Wildman–Crippen MR) is 63.3 cm³/mol. The van der Waals surface area contributed by atoms with Gasteiger partial charge in [-0.2, -0.15) is 0 Å². The van der Waals surface area contributed by atoms with Crippen LogP contribution in [0.5, 0.6) is 0 Å². The Kier molecular flexibility index (Phi) is 3.69. The Morgan fingerprint density at radius 3 is 2.69 bits per heavy atom. The third-order valence-corrected chi connectivity index (χ3v) is 3.44. The Morgan fingerprint density at radius 1 is 1.25 bits per heavy atom. The molecule has 2 aromatic heterocycles. The van der Waals surface area contributed by atoms with Crippen LogP contribution in [0.25, 0.3) is 0 Å². The molecule has 4 nitrogen and oxygen atoms in total. The van der Waals surface area contributed by atoms with Crippen LogP contribution in [0.2, 0.25) is 0 Å². The Labute approximate surface area is 98.7 Å². The lowest BCUT2D eigenvalue weighted by Gasteiger charge is -1.98. The number of aromatic nitrogens is 2. The Hall–Kier alpha value is -1.20. The minimum atomic E-state index is 0.612. The van der Waals surface area contributed by atoms with E-state index in [1.165, 1.54) is 9.75 Å². The fourth-order valence-corrected chi connectivity index (χ4v) is 2.34. The minimum Gasteiger partial charge on any atom is -0.424 e. The zero-order valence-corrected chi connectivity index (χ0v) is 10.3. The van der Waals surface area contributed by atoms with E-state index in [1.54, 1.807) is 6.92 Å². The fourth-order valence-electron chi connectivity index (χ4n) is 1.41. The molecule has 86 valence electrons. The van der Waals surface area contributed by atoms with Crippen LogP contribution in [0.15, 0.2) is 16.5 Å². The molecule has 16 heavy (non-hydrogen) atoms. The molecule has 0 atom stereocenters. The number of hydrogen-bond acceptors (Lipinski definition) is 5. The first kappa shape index (κ1) is 11.3. The molecule has 0 aliphatic carbocycles. The average Bonchev–Trinajstić information content (AvgIpc) is 2.88. The molecule has 0 bridgehead atoms. The highest BCUT2D eigenvalue weighted by molar-refractivity contribution is 7.11. The molecule has 0 unspecified atom stereocenters. The van der Waals surface area contributed by atoms with Gasteiger partial charge in [0, 0.05) is 23.2 Å². The molecule has 2 heterocycles. The normalized spacial score (nSPS) is 10.9. The summed E-state index contributed by atoms with van der Waals surface area (Å²) < 4.78 is 5.27. The quantitative estimate of drug-likeness (QED) is 0.867. The second kappa shape index (κ2) is 5.23. The van der Waals surface area contributed by atoms with Gasteiger partial charge in [-0.05, 0) is 18.6 Å². The highest BCUT2D eigenvalue weighted by Crippen LogP contribution is 2.16. The van der Waals surface area contributed by atoms with Crippen molar-refractivity contribution < 1.29 is 4.42 Å². The third-order valence-electron chi connectivity index (χ3n) is 2.21. The monoisotopic (exact) mass is 237 g/mol. The molecule has 2 rings (SSSR count).